The van der Waals surface area contributed by atoms with E-state index in [4.69, 9.17) is 4.98 Å². The summed E-state index contributed by atoms with van der Waals surface area (Å²) in [6, 6.07) is 18.0. The molecule has 0 saturated carbocycles. The molecule has 2 aliphatic carbocycles. The van der Waals surface area contributed by atoms with Crippen molar-refractivity contribution in [2.24, 2.45) is 24.9 Å². The van der Waals surface area contributed by atoms with Crippen molar-refractivity contribution >= 4 is 36.2 Å². The van der Waals surface area contributed by atoms with E-state index in [0.29, 0.717) is 53.1 Å². The third-order valence-electron chi connectivity index (χ3n) is 11.5. The number of fused-ring (bicyclic) bond motifs is 4. The van der Waals surface area contributed by atoms with Crippen LogP contribution in [0.2, 0.25) is 19.6 Å². The molecule has 4 heterocycles. The van der Waals surface area contributed by atoms with Crippen LogP contribution < -0.4 is 85.0 Å². The number of imidazole rings is 2. The van der Waals surface area contributed by atoms with Crippen molar-refractivity contribution in [1.29, 1.82) is 0 Å². The summed E-state index contributed by atoms with van der Waals surface area (Å²) < 4.78 is 81.9. The van der Waals surface area contributed by atoms with Crippen LogP contribution in [0, 0.1) is 10.8 Å². The Morgan fingerprint density at radius 3 is 1.48 bits per heavy atom. The van der Waals surface area contributed by atoms with Gasteiger partial charge in [0.1, 0.15) is 0 Å². The third-order valence-corrected chi connectivity index (χ3v) is 13.2. The molecule has 4 aromatic heterocycles. The summed E-state index contributed by atoms with van der Waals surface area (Å²) in [5.41, 5.74) is 4.36. The minimum atomic E-state index is -4.75. The van der Waals surface area contributed by atoms with Crippen molar-refractivity contribution in [2.75, 3.05) is 0 Å². The molecular formula is C47H56CsF7N6O4Si. The summed E-state index contributed by atoms with van der Waals surface area (Å²) in [5, 5.41) is 10.3. The monoisotopic (exact) mass is 1060 g/mol. The molecule has 19 heteroatoms. The molecular weight excluding hydrogens is 1010 g/mol. The van der Waals surface area contributed by atoms with Crippen molar-refractivity contribution in [1.82, 2.24) is 28.2 Å². The summed E-state index contributed by atoms with van der Waals surface area (Å²) in [7, 11) is 0.529. The topological polar surface area (TPSA) is 117 Å². The first kappa shape index (κ1) is 55.3. The van der Waals surface area contributed by atoms with Crippen molar-refractivity contribution < 1.29 is 110 Å². The zero-order valence-electron chi connectivity index (χ0n) is 39.5. The molecule has 0 fully saturated rings. The molecule has 8 rings (SSSR count). The van der Waals surface area contributed by atoms with E-state index in [1.54, 1.807) is 52.1 Å². The van der Waals surface area contributed by atoms with Gasteiger partial charge in [0.15, 0.2) is 30.8 Å². The van der Waals surface area contributed by atoms with Gasteiger partial charge in [0, 0.05) is 50.3 Å². The molecule has 0 amide bonds. The summed E-state index contributed by atoms with van der Waals surface area (Å²) in [6.45, 7) is 17.4. The van der Waals surface area contributed by atoms with Gasteiger partial charge < -0.3 is 9.81 Å². The van der Waals surface area contributed by atoms with Crippen molar-refractivity contribution in [3.8, 4) is 22.5 Å². The van der Waals surface area contributed by atoms with Gasteiger partial charge in [-0.2, -0.15) is 26.3 Å². The van der Waals surface area contributed by atoms with Gasteiger partial charge in [-0.25, -0.2) is 19.6 Å². The standard InChI is InChI=1S/C22H24F3N3O2.C21H23N3O2.C4H9F3Si.Cs.FH/c1-20(2,3)12-28-17-8-7-16(26-18(17)27(4)19(28)29)14-6-5-13-9-10-21(30,15(13)11-14)22(23,24)25;1-21(2,3)12-24-17-9-8-16(22-19(17)23(4)20(24)26)14-6-5-13-7-10-18(25)15(13)11-14;1-8(2,3)4(5,6)7;;/h5-8,11,30H,9-10,12H2,1-4H3;5-6,8-9,11H,7,10,12H2,1-4H3;1-3H3;;1H/q;;;+1;/p-1. The van der Waals surface area contributed by atoms with Gasteiger partial charge in [-0.1, -0.05) is 85.4 Å². The number of ketones is 1. The third kappa shape index (κ3) is 11.4. The zero-order chi connectivity index (χ0) is 47.7. The number of nitrogens with zero attached hydrogens (tertiary/aromatic N) is 6. The quantitative estimate of drug-likeness (QED) is 0.210. The van der Waals surface area contributed by atoms with Crippen molar-refractivity contribution in [3.05, 3.63) is 104 Å². The SMILES string of the molecule is C[Si](C)(C)C(F)(F)F.Cn1c(=O)n(CC(C)(C)C)c2ccc(-c3ccc4c(c3)C(=O)CC4)nc21.Cn1c(=O)n(CC(C)(C)C)c2ccc(-c3ccc4c(c3)C(O)(C(F)(F)F)CC4)nc21.[Cs+].[F-]. The minimum Gasteiger partial charge on any atom is -1.00 e. The molecule has 352 valence electrons. The number of aryl methyl sites for hydroxylation is 4. The molecule has 0 saturated heterocycles. The van der Waals surface area contributed by atoms with Gasteiger partial charge in [0.2, 0.25) is 0 Å². The second kappa shape index (κ2) is 19.6. The normalized spacial score (nSPS) is 16.2. The predicted molar refractivity (Wildman–Crippen MR) is 240 cm³/mol. The molecule has 1 N–H and O–H groups in total. The fourth-order valence-electron chi connectivity index (χ4n) is 7.80. The number of hydrogen-bond acceptors (Lipinski definition) is 6. The van der Waals surface area contributed by atoms with E-state index in [1.165, 1.54) is 30.3 Å². The van der Waals surface area contributed by atoms with E-state index in [-0.39, 0.29) is 120 Å². The van der Waals surface area contributed by atoms with E-state index < -0.39 is 25.7 Å². The molecule has 0 radical (unpaired) electrons. The maximum Gasteiger partial charge on any atom is 1.00 e. The zero-order valence-corrected chi connectivity index (χ0v) is 46.8. The molecule has 0 aliphatic heterocycles. The molecule has 0 spiro atoms. The van der Waals surface area contributed by atoms with Gasteiger partial charge >= 0.3 is 92.2 Å². The largest absolute Gasteiger partial charge is 1.00 e. The van der Waals surface area contributed by atoms with Crippen molar-refractivity contribution in [3.63, 3.8) is 0 Å². The van der Waals surface area contributed by atoms with Crippen LogP contribution in [-0.4, -0.2) is 59.2 Å². The number of carbonyl (C=O) groups is 1. The van der Waals surface area contributed by atoms with Crippen LogP contribution in [-0.2, 0) is 45.6 Å². The van der Waals surface area contributed by atoms with Gasteiger partial charge in [-0.3, -0.25) is 23.1 Å². The molecule has 66 heavy (non-hydrogen) atoms. The fourth-order valence-corrected chi connectivity index (χ4v) is 7.80. The number of halogens is 7. The Kier molecular flexibility index (Phi) is 16.4. The maximum absolute atomic E-state index is 13.5. The first-order chi connectivity index (χ1) is 29.3. The molecule has 10 nitrogen and oxygen atoms in total. The summed E-state index contributed by atoms with van der Waals surface area (Å²) in [5.74, 6) is -3.72. The van der Waals surface area contributed by atoms with Gasteiger partial charge in [-0.05, 0) is 83.2 Å². The summed E-state index contributed by atoms with van der Waals surface area (Å²) >= 11 is 0. The van der Waals surface area contributed by atoms with Gasteiger partial charge in [0.05, 0.1) is 22.4 Å². The number of aliphatic hydroxyl groups is 1. The Morgan fingerprint density at radius 2 is 1.08 bits per heavy atom. The van der Waals surface area contributed by atoms with E-state index in [0.717, 1.165) is 34.3 Å². The number of aromatic nitrogens is 6. The minimum absolute atomic E-state index is 0. The number of Topliss-reactive ketones (excluding diaryl/α,β-unsaturated/α-hetero) is 1. The average Bonchev–Trinajstić information content (AvgIpc) is 3.87. The molecule has 1 atom stereocenters. The van der Waals surface area contributed by atoms with Crippen LogP contribution in [0.15, 0.2) is 70.3 Å². The smallest absolute Gasteiger partial charge is 1.00 e. The average molecular weight is 1060 g/mol. The maximum atomic E-state index is 13.5. The second-order valence-corrected chi connectivity index (χ2v) is 25.4. The summed E-state index contributed by atoms with van der Waals surface area (Å²) in [4.78, 5) is 46.7. The number of hydrogen-bond donors (Lipinski definition) is 1. The van der Waals surface area contributed by atoms with Crippen LogP contribution in [0.5, 0.6) is 0 Å². The second-order valence-electron chi connectivity index (χ2n) is 20.3. The predicted octanol–water partition coefficient (Wildman–Crippen LogP) is 4.16. The Balaban J connectivity index is 0.000000243. The molecule has 2 aliphatic rings. The molecule has 6 aromatic rings. The van der Waals surface area contributed by atoms with E-state index in [2.05, 4.69) is 25.8 Å². The van der Waals surface area contributed by atoms with Crippen molar-refractivity contribution in [2.45, 2.75) is 118 Å². The van der Waals surface area contributed by atoms with E-state index in [1.807, 2.05) is 51.1 Å². The van der Waals surface area contributed by atoms with Crippen LogP contribution in [0.1, 0.15) is 81.4 Å². The first-order valence-corrected chi connectivity index (χ1v) is 24.6. The number of pyridine rings is 2. The molecule has 0 bridgehead atoms. The Morgan fingerprint density at radius 1 is 0.652 bits per heavy atom. The van der Waals surface area contributed by atoms with Gasteiger partial charge in [-0.15, -0.1) is 0 Å². The number of benzene rings is 2. The summed E-state index contributed by atoms with van der Waals surface area (Å²) in [6.07, 6.45) is -3.54. The van der Waals surface area contributed by atoms with Crippen LogP contribution in [0.3, 0.4) is 0 Å². The Hall–Kier alpha value is -3.31. The van der Waals surface area contributed by atoms with Crippen LogP contribution >= 0.6 is 0 Å². The van der Waals surface area contributed by atoms with Crippen LogP contribution in [0.4, 0.5) is 26.3 Å². The van der Waals surface area contributed by atoms with Crippen LogP contribution in [0.25, 0.3) is 44.8 Å². The number of alkyl halides is 6. The Bertz CT molecular complexity index is 2880. The number of carbonyl (C=O) groups excluding carboxylic acids is 1. The molecule has 1 unspecified atom stereocenters. The first-order valence-electron chi connectivity index (χ1n) is 21.1. The van der Waals surface area contributed by atoms with E-state index in [9.17, 15) is 45.8 Å². The Labute approximate surface area is 438 Å². The molecule has 2 aromatic carbocycles. The fraction of sp³-hybridized carbons (Fsp3) is 0.468. The van der Waals surface area contributed by atoms with E-state index >= 15 is 0 Å². The van der Waals surface area contributed by atoms with Gasteiger partial charge in [0.25, 0.3) is 0 Å². The number of rotatable bonds is 4.